The molecule has 2 aliphatic heterocycles. The highest BCUT2D eigenvalue weighted by Gasteiger charge is 2.34. The minimum Gasteiger partial charge on any atom is -0.366 e. The first-order chi connectivity index (χ1) is 12.1. The maximum atomic E-state index is 12.9. The second kappa shape index (κ2) is 7.95. The van der Waals surface area contributed by atoms with E-state index >= 15 is 0 Å². The minimum absolute atomic E-state index is 0.0205. The van der Waals surface area contributed by atoms with Crippen LogP contribution < -0.4 is 0 Å². The van der Waals surface area contributed by atoms with E-state index in [0.717, 1.165) is 31.5 Å². The van der Waals surface area contributed by atoms with Crippen LogP contribution in [0.2, 0.25) is 0 Å². The molecule has 0 aliphatic carbocycles. The van der Waals surface area contributed by atoms with Gasteiger partial charge in [0.2, 0.25) is 11.8 Å². The summed E-state index contributed by atoms with van der Waals surface area (Å²) in [7, 11) is 0. The first-order valence-electron chi connectivity index (χ1n) is 9.21. The fraction of sp³-hybridized carbons (Fsp3) is 0.765. The monoisotopic (exact) mass is 349 g/mol. The molecule has 138 valence electrons. The van der Waals surface area contributed by atoms with Crippen LogP contribution in [0.15, 0.2) is 0 Å². The van der Waals surface area contributed by atoms with E-state index in [9.17, 15) is 9.59 Å². The van der Waals surface area contributed by atoms with E-state index in [-0.39, 0.29) is 17.9 Å². The Hall–Kier alpha value is -1.96. The van der Waals surface area contributed by atoms with Crippen LogP contribution in [0.1, 0.15) is 57.3 Å². The Bertz CT molecular complexity index is 617. The average Bonchev–Trinajstić information content (AvgIpc) is 3.10. The number of amides is 2. The molecule has 2 aliphatic rings. The summed E-state index contributed by atoms with van der Waals surface area (Å²) in [4.78, 5) is 32.9. The Morgan fingerprint density at radius 2 is 2.24 bits per heavy atom. The highest BCUT2D eigenvalue weighted by Crippen LogP contribution is 2.22. The Labute approximate surface area is 147 Å². The van der Waals surface area contributed by atoms with Crippen molar-refractivity contribution < 1.29 is 14.3 Å². The van der Waals surface area contributed by atoms with E-state index in [1.165, 1.54) is 0 Å². The lowest BCUT2D eigenvalue weighted by Crippen LogP contribution is -2.53. The first-order valence-corrected chi connectivity index (χ1v) is 9.21. The molecule has 0 radical (unpaired) electrons. The number of ether oxygens (including phenoxy) is 1. The summed E-state index contributed by atoms with van der Waals surface area (Å²) in [5, 5.41) is 7.17. The van der Waals surface area contributed by atoms with Gasteiger partial charge in [0.25, 0.3) is 0 Å². The van der Waals surface area contributed by atoms with Crippen molar-refractivity contribution >= 4 is 11.8 Å². The normalized spacial score (nSPS) is 23.0. The predicted molar refractivity (Wildman–Crippen MR) is 90.7 cm³/mol. The standard InChI is InChI=1S/C17H27N5O3/c1-3-6-14-18-16(20-19-14)13-11-21(9-10-25-13)17(24)12(2)22-8-5-4-7-15(22)23/h12-13H,3-11H2,1-2H3,(H,18,19,20)/t12-,13+/m1/s1. The number of likely N-dealkylation sites (tertiary alicyclic amines) is 1. The quantitative estimate of drug-likeness (QED) is 0.858. The lowest BCUT2D eigenvalue weighted by Gasteiger charge is -2.37. The molecule has 0 aromatic carbocycles. The fourth-order valence-electron chi connectivity index (χ4n) is 3.44. The minimum atomic E-state index is -0.422. The molecule has 2 amide bonds. The van der Waals surface area contributed by atoms with E-state index in [1.807, 2.05) is 6.92 Å². The molecule has 1 N–H and O–H groups in total. The van der Waals surface area contributed by atoms with Gasteiger partial charge in [-0.25, -0.2) is 4.98 Å². The Balaban J connectivity index is 1.63. The van der Waals surface area contributed by atoms with Gasteiger partial charge in [-0.15, -0.1) is 0 Å². The van der Waals surface area contributed by atoms with E-state index in [1.54, 1.807) is 9.80 Å². The number of aromatic nitrogens is 3. The number of morpholine rings is 1. The third-order valence-electron chi connectivity index (χ3n) is 4.89. The van der Waals surface area contributed by atoms with Crippen molar-refractivity contribution in [1.82, 2.24) is 25.0 Å². The molecule has 25 heavy (non-hydrogen) atoms. The first kappa shape index (κ1) is 17.8. The van der Waals surface area contributed by atoms with Crippen LogP contribution in [0.5, 0.6) is 0 Å². The van der Waals surface area contributed by atoms with Gasteiger partial charge in [-0.2, -0.15) is 5.10 Å². The number of carbonyl (C=O) groups excluding carboxylic acids is 2. The number of nitrogens with zero attached hydrogens (tertiary/aromatic N) is 4. The van der Waals surface area contributed by atoms with E-state index in [0.29, 0.717) is 38.5 Å². The molecule has 2 saturated heterocycles. The van der Waals surface area contributed by atoms with Crippen LogP contribution in [0.3, 0.4) is 0 Å². The third kappa shape index (κ3) is 4.00. The van der Waals surface area contributed by atoms with Gasteiger partial charge in [-0.05, 0) is 26.2 Å². The maximum absolute atomic E-state index is 12.9. The lowest BCUT2D eigenvalue weighted by atomic mass is 10.1. The number of hydrogen-bond donors (Lipinski definition) is 1. The van der Waals surface area contributed by atoms with Crippen molar-refractivity contribution in [2.75, 3.05) is 26.2 Å². The molecule has 8 heteroatoms. The fourth-order valence-corrected chi connectivity index (χ4v) is 3.44. The highest BCUT2D eigenvalue weighted by molar-refractivity contribution is 5.87. The number of nitrogens with one attached hydrogen (secondary N) is 1. The molecule has 0 bridgehead atoms. The predicted octanol–water partition coefficient (Wildman–Crippen LogP) is 1.06. The molecule has 3 heterocycles. The third-order valence-corrected chi connectivity index (χ3v) is 4.89. The van der Waals surface area contributed by atoms with Crippen LogP contribution in [0, 0.1) is 0 Å². The molecule has 0 spiro atoms. The number of hydrogen-bond acceptors (Lipinski definition) is 5. The van der Waals surface area contributed by atoms with Crippen molar-refractivity contribution in [1.29, 1.82) is 0 Å². The Morgan fingerprint density at radius 3 is 3.00 bits per heavy atom. The van der Waals surface area contributed by atoms with Crippen molar-refractivity contribution in [2.45, 2.75) is 58.1 Å². The Kier molecular flexibility index (Phi) is 5.67. The summed E-state index contributed by atoms with van der Waals surface area (Å²) in [5.41, 5.74) is 0. The SMILES string of the molecule is CCCc1nc([C@@H]2CN(C(=O)[C@@H](C)N3CCCCC3=O)CCO2)n[nH]1. The van der Waals surface area contributed by atoms with Crippen LogP contribution in [-0.4, -0.2) is 69.1 Å². The van der Waals surface area contributed by atoms with Crippen LogP contribution in [0.4, 0.5) is 0 Å². The molecule has 8 nitrogen and oxygen atoms in total. The van der Waals surface area contributed by atoms with Gasteiger partial charge in [0, 0.05) is 25.9 Å². The van der Waals surface area contributed by atoms with Gasteiger partial charge in [0.05, 0.1) is 13.2 Å². The van der Waals surface area contributed by atoms with E-state index in [2.05, 4.69) is 22.1 Å². The van der Waals surface area contributed by atoms with Crippen LogP contribution >= 0.6 is 0 Å². The topological polar surface area (TPSA) is 91.4 Å². The lowest BCUT2D eigenvalue weighted by molar-refractivity contribution is -0.151. The van der Waals surface area contributed by atoms with E-state index < -0.39 is 6.04 Å². The zero-order chi connectivity index (χ0) is 17.8. The molecule has 1 aromatic heterocycles. The number of rotatable bonds is 5. The summed E-state index contributed by atoms with van der Waals surface area (Å²) in [6, 6.07) is -0.422. The zero-order valence-electron chi connectivity index (χ0n) is 15.0. The molecule has 3 rings (SSSR count). The molecule has 0 unspecified atom stereocenters. The molecule has 0 saturated carbocycles. The van der Waals surface area contributed by atoms with Crippen molar-refractivity contribution in [3.8, 4) is 0 Å². The Morgan fingerprint density at radius 1 is 1.40 bits per heavy atom. The molecule has 2 atom stereocenters. The summed E-state index contributed by atoms with van der Waals surface area (Å²) < 4.78 is 5.76. The van der Waals surface area contributed by atoms with Crippen molar-refractivity contribution in [3.05, 3.63) is 11.6 Å². The second-order valence-corrected chi connectivity index (χ2v) is 6.75. The van der Waals surface area contributed by atoms with Gasteiger partial charge in [0.1, 0.15) is 18.0 Å². The van der Waals surface area contributed by atoms with Crippen LogP contribution in [-0.2, 0) is 20.7 Å². The number of aryl methyl sites for hydroxylation is 1. The van der Waals surface area contributed by atoms with Crippen LogP contribution in [0.25, 0.3) is 0 Å². The van der Waals surface area contributed by atoms with E-state index in [4.69, 9.17) is 4.74 Å². The van der Waals surface area contributed by atoms with Gasteiger partial charge in [-0.1, -0.05) is 6.92 Å². The summed E-state index contributed by atoms with van der Waals surface area (Å²) in [6.07, 6.45) is 3.94. The summed E-state index contributed by atoms with van der Waals surface area (Å²) >= 11 is 0. The largest absolute Gasteiger partial charge is 0.366 e. The average molecular weight is 349 g/mol. The maximum Gasteiger partial charge on any atom is 0.245 e. The van der Waals surface area contributed by atoms with Gasteiger partial charge in [0.15, 0.2) is 5.82 Å². The second-order valence-electron chi connectivity index (χ2n) is 6.75. The van der Waals surface area contributed by atoms with Gasteiger partial charge >= 0.3 is 0 Å². The summed E-state index contributed by atoms with van der Waals surface area (Å²) in [6.45, 7) is 5.99. The molecule has 1 aromatic rings. The zero-order valence-corrected chi connectivity index (χ0v) is 15.0. The number of piperidine rings is 1. The smallest absolute Gasteiger partial charge is 0.245 e. The highest BCUT2D eigenvalue weighted by atomic mass is 16.5. The van der Waals surface area contributed by atoms with Crippen molar-refractivity contribution in [3.63, 3.8) is 0 Å². The number of aromatic amines is 1. The summed E-state index contributed by atoms with van der Waals surface area (Å²) in [5.74, 6) is 1.50. The van der Waals surface area contributed by atoms with Crippen molar-refractivity contribution in [2.24, 2.45) is 0 Å². The molecular formula is C17H27N5O3. The molecule has 2 fully saturated rings. The van der Waals surface area contributed by atoms with Gasteiger partial charge < -0.3 is 14.5 Å². The number of carbonyl (C=O) groups is 2. The number of H-pyrrole nitrogens is 1. The molecular weight excluding hydrogens is 322 g/mol. The van der Waals surface area contributed by atoms with Gasteiger partial charge in [-0.3, -0.25) is 14.7 Å².